The van der Waals surface area contributed by atoms with Crippen molar-refractivity contribution in [3.63, 3.8) is 0 Å². The van der Waals surface area contributed by atoms with E-state index in [-0.39, 0.29) is 16.6 Å². The Morgan fingerprint density at radius 1 is 1.44 bits per heavy atom. The van der Waals surface area contributed by atoms with Crippen LogP contribution < -0.4 is 0 Å². The molecule has 1 aromatic carbocycles. The van der Waals surface area contributed by atoms with E-state index >= 15 is 0 Å². The van der Waals surface area contributed by atoms with Gasteiger partial charge in [0.2, 0.25) is 0 Å². The van der Waals surface area contributed by atoms with Crippen LogP contribution in [0.15, 0.2) is 16.6 Å². The van der Waals surface area contributed by atoms with E-state index in [9.17, 15) is 14.0 Å². The van der Waals surface area contributed by atoms with Crippen molar-refractivity contribution in [1.82, 2.24) is 0 Å². The molecule has 0 aliphatic carbocycles. The van der Waals surface area contributed by atoms with Gasteiger partial charge in [0.25, 0.3) is 5.78 Å². The highest BCUT2D eigenvalue weighted by molar-refractivity contribution is 9.10. The first-order valence-corrected chi connectivity index (χ1v) is 5.44. The van der Waals surface area contributed by atoms with E-state index in [0.29, 0.717) is 5.56 Å². The molecular weight excluding hydrogens is 279 g/mol. The second-order valence-electron chi connectivity index (χ2n) is 3.10. The quantitative estimate of drug-likeness (QED) is 0.488. The molecule has 0 amide bonds. The van der Waals surface area contributed by atoms with Crippen molar-refractivity contribution >= 4 is 27.7 Å². The Labute approximate surface area is 101 Å². The van der Waals surface area contributed by atoms with Gasteiger partial charge in [0.15, 0.2) is 0 Å². The maximum atomic E-state index is 13.2. The van der Waals surface area contributed by atoms with Gasteiger partial charge in [-0.25, -0.2) is 9.18 Å². The number of aryl methyl sites for hydroxylation is 1. The summed E-state index contributed by atoms with van der Waals surface area (Å²) in [5.74, 6) is -2.40. The zero-order valence-electron chi connectivity index (χ0n) is 8.84. The summed E-state index contributed by atoms with van der Waals surface area (Å²) >= 11 is 2.95. The van der Waals surface area contributed by atoms with Crippen LogP contribution in [-0.2, 0) is 9.53 Å². The summed E-state index contributed by atoms with van der Waals surface area (Å²) < 4.78 is 17.8. The fraction of sp³-hybridized carbons (Fsp3) is 0.273. The van der Waals surface area contributed by atoms with Crippen LogP contribution >= 0.6 is 15.9 Å². The highest BCUT2D eigenvalue weighted by Gasteiger charge is 2.23. The first-order chi connectivity index (χ1) is 7.49. The largest absolute Gasteiger partial charge is 0.460 e. The summed E-state index contributed by atoms with van der Waals surface area (Å²) in [6.45, 7) is 3.33. The summed E-state index contributed by atoms with van der Waals surface area (Å²) in [4.78, 5) is 22.9. The fourth-order valence-corrected chi connectivity index (χ4v) is 1.85. The smallest absolute Gasteiger partial charge is 0.379 e. The highest BCUT2D eigenvalue weighted by atomic mass is 79.9. The average molecular weight is 289 g/mol. The maximum Gasteiger partial charge on any atom is 0.379 e. The van der Waals surface area contributed by atoms with E-state index in [1.54, 1.807) is 13.8 Å². The summed E-state index contributed by atoms with van der Waals surface area (Å²) in [6, 6.07) is 2.66. The number of ether oxygens (including phenoxy) is 1. The monoisotopic (exact) mass is 288 g/mol. The normalized spacial score (nSPS) is 10.0. The molecule has 1 aromatic rings. The topological polar surface area (TPSA) is 43.4 Å². The van der Waals surface area contributed by atoms with Gasteiger partial charge in [-0.3, -0.25) is 4.79 Å². The molecule has 0 radical (unpaired) electrons. The maximum absolute atomic E-state index is 13.2. The van der Waals surface area contributed by atoms with Crippen molar-refractivity contribution in [2.24, 2.45) is 0 Å². The number of hydrogen-bond donors (Lipinski definition) is 0. The molecule has 86 valence electrons. The van der Waals surface area contributed by atoms with Gasteiger partial charge in [0.1, 0.15) is 5.82 Å². The van der Waals surface area contributed by atoms with Crippen molar-refractivity contribution in [2.75, 3.05) is 6.61 Å². The molecule has 0 aromatic heterocycles. The standard InChI is InChI=1S/C11H10BrFO3/c1-3-16-11(15)10(14)8-6(2)4-5-7(13)9(8)12/h4-5H,3H2,1-2H3. The van der Waals surface area contributed by atoms with E-state index < -0.39 is 17.6 Å². The molecule has 3 nitrogen and oxygen atoms in total. The Hall–Kier alpha value is -1.23. The molecule has 0 saturated heterocycles. The molecule has 0 bridgehead atoms. The van der Waals surface area contributed by atoms with Gasteiger partial charge in [0.05, 0.1) is 11.1 Å². The van der Waals surface area contributed by atoms with Crippen LogP contribution in [-0.4, -0.2) is 18.4 Å². The van der Waals surface area contributed by atoms with Crippen LogP contribution in [0.25, 0.3) is 0 Å². The minimum absolute atomic E-state index is 0.00875. The third-order valence-corrected chi connectivity index (χ3v) is 2.77. The molecule has 5 heteroatoms. The Kier molecular flexibility index (Phi) is 4.18. The van der Waals surface area contributed by atoms with Gasteiger partial charge in [-0.1, -0.05) is 6.07 Å². The number of carbonyl (C=O) groups excluding carboxylic acids is 2. The van der Waals surface area contributed by atoms with Crippen molar-refractivity contribution in [2.45, 2.75) is 13.8 Å². The van der Waals surface area contributed by atoms with Gasteiger partial charge >= 0.3 is 5.97 Å². The second-order valence-corrected chi connectivity index (χ2v) is 3.90. The molecule has 0 aliphatic rings. The molecule has 0 aliphatic heterocycles. The van der Waals surface area contributed by atoms with E-state index in [4.69, 9.17) is 0 Å². The van der Waals surface area contributed by atoms with Crippen LogP contribution in [0.3, 0.4) is 0 Å². The Morgan fingerprint density at radius 3 is 2.62 bits per heavy atom. The number of ketones is 1. The minimum atomic E-state index is -0.975. The van der Waals surface area contributed by atoms with Gasteiger partial charge in [-0.2, -0.15) is 0 Å². The highest BCUT2D eigenvalue weighted by Crippen LogP contribution is 2.24. The number of carbonyl (C=O) groups is 2. The molecule has 0 spiro atoms. The number of rotatable bonds is 3. The van der Waals surface area contributed by atoms with Crippen LogP contribution in [0, 0.1) is 12.7 Å². The fourth-order valence-electron chi connectivity index (χ4n) is 1.22. The second kappa shape index (κ2) is 5.21. The number of halogens is 2. The number of hydrogen-bond acceptors (Lipinski definition) is 3. The Morgan fingerprint density at radius 2 is 2.06 bits per heavy atom. The van der Waals surface area contributed by atoms with Crippen LogP contribution in [0.5, 0.6) is 0 Å². The average Bonchev–Trinajstić information content (AvgIpc) is 2.24. The molecule has 0 atom stereocenters. The number of benzene rings is 1. The van der Waals surface area contributed by atoms with Gasteiger partial charge in [-0.05, 0) is 41.4 Å². The zero-order chi connectivity index (χ0) is 12.3. The zero-order valence-corrected chi connectivity index (χ0v) is 10.4. The summed E-state index contributed by atoms with van der Waals surface area (Å²) in [5.41, 5.74) is 0.532. The summed E-state index contributed by atoms with van der Waals surface area (Å²) in [6.07, 6.45) is 0. The summed E-state index contributed by atoms with van der Waals surface area (Å²) in [7, 11) is 0. The van der Waals surface area contributed by atoms with Gasteiger partial charge < -0.3 is 4.74 Å². The predicted octanol–water partition coefficient (Wildman–Crippen LogP) is 2.64. The third-order valence-electron chi connectivity index (χ3n) is 1.99. The first-order valence-electron chi connectivity index (χ1n) is 4.65. The van der Waals surface area contributed by atoms with E-state index in [2.05, 4.69) is 20.7 Å². The predicted molar refractivity (Wildman–Crippen MR) is 59.8 cm³/mol. The number of esters is 1. The molecule has 0 unspecified atom stereocenters. The molecule has 0 saturated carbocycles. The SMILES string of the molecule is CCOC(=O)C(=O)c1c(C)ccc(F)c1Br. The van der Waals surface area contributed by atoms with Crippen LogP contribution in [0.1, 0.15) is 22.8 Å². The van der Waals surface area contributed by atoms with E-state index in [1.165, 1.54) is 12.1 Å². The van der Waals surface area contributed by atoms with Crippen molar-refractivity contribution in [3.8, 4) is 0 Å². The lowest BCUT2D eigenvalue weighted by molar-refractivity contribution is -0.137. The van der Waals surface area contributed by atoms with Crippen molar-refractivity contribution < 1.29 is 18.7 Å². The lowest BCUT2D eigenvalue weighted by Crippen LogP contribution is -2.19. The molecule has 0 fully saturated rings. The summed E-state index contributed by atoms with van der Waals surface area (Å²) in [5, 5.41) is 0. The van der Waals surface area contributed by atoms with Crippen LogP contribution in [0.2, 0.25) is 0 Å². The van der Waals surface area contributed by atoms with Crippen LogP contribution in [0.4, 0.5) is 4.39 Å². The van der Waals surface area contributed by atoms with Gasteiger partial charge in [-0.15, -0.1) is 0 Å². The van der Waals surface area contributed by atoms with E-state index in [1.807, 2.05) is 0 Å². The molecule has 0 N–H and O–H groups in total. The Balaban J connectivity index is 3.18. The lowest BCUT2D eigenvalue weighted by atomic mass is 10.0. The Bertz CT molecular complexity index is 443. The lowest BCUT2D eigenvalue weighted by Gasteiger charge is -2.07. The molecule has 16 heavy (non-hydrogen) atoms. The van der Waals surface area contributed by atoms with Crippen molar-refractivity contribution in [3.05, 3.63) is 33.5 Å². The number of Topliss-reactive ketones (excluding diaryl/α,β-unsaturated/α-hetero) is 1. The molecular formula is C11H10BrFO3. The minimum Gasteiger partial charge on any atom is -0.460 e. The van der Waals surface area contributed by atoms with E-state index in [0.717, 1.165) is 0 Å². The first kappa shape index (κ1) is 12.8. The van der Waals surface area contributed by atoms with Gasteiger partial charge in [0, 0.05) is 5.56 Å². The van der Waals surface area contributed by atoms with Crippen molar-refractivity contribution in [1.29, 1.82) is 0 Å². The molecule has 1 rings (SSSR count). The molecule has 0 heterocycles. The third kappa shape index (κ3) is 2.47.